The van der Waals surface area contributed by atoms with E-state index in [4.69, 9.17) is 4.74 Å². The van der Waals surface area contributed by atoms with Crippen LogP contribution < -0.4 is 10.6 Å². The number of nitrogens with one attached hydrogen (secondary N) is 2. The smallest absolute Gasteiger partial charge is 0.410 e. The molecule has 1 unspecified atom stereocenters. The van der Waals surface area contributed by atoms with Crippen molar-refractivity contribution in [2.24, 2.45) is 17.8 Å². The van der Waals surface area contributed by atoms with Crippen LogP contribution in [0.5, 0.6) is 0 Å². The van der Waals surface area contributed by atoms with Gasteiger partial charge in [-0.1, -0.05) is 36.8 Å². The molecular formula is C23H29N3O5. The second-order valence-electron chi connectivity index (χ2n) is 8.76. The molecule has 3 fully saturated rings. The minimum Gasteiger partial charge on any atom is -0.445 e. The van der Waals surface area contributed by atoms with Crippen molar-refractivity contribution in [2.45, 2.75) is 50.8 Å². The number of aldehydes is 1. The molecule has 1 aromatic rings. The van der Waals surface area contributed by atoms with E-state index in [0.717, 1.165) is 24.8 Å². The highest BCUT2D eigenvalue weighted by Gasteiger charge is 2.50. The van der Waals surface area contributed by atoms with Crippen molar-refractivity contribution in [2.75, 3.05) is 13.1 Å². The van der Waals surface area contributed by atoms with Crippen molar-refractivity contribution in [1.29, 1.82) is 0 Å². The SMILES string of the molecule is O=C[C@H](C[C@@H]1CCNC1=O)NC(=O)C1[C@H]2CCC[C@H]2CN1C(=O)OCc1ccccc1. The summed E-state index contributed by atoms with van der Waals surface area (Å²) in [6.45, 7) is 1.23. The lowest BCUT2D eigenvalue weighted by molar-refractivity contribution is -0.129. The second-order valence-corrected chi connectivity index (χ2v) is 8.76. The van der Waals surface area contributed by atoms with Crippen molar-refractivity contribution >= 4 is 24.2 Å². The van der Waals surface area contributed by atoms with Gasteiger partial charge in [-0.05, 0) is 43.1 Å². The number of carbonyl (C=O) groups is 4. The van der Waals surface area contributed by atoms with Crippen LogP contribution in [0.25, 0.3) is 0 Å². The maximum atomic E-state index is 13.2. The monoisotopic (exact) mass is 427 g/mol. The molecule has 2 aliphatic heterocycles. The van der Waals surface area contributed by atoms with E-state index in [1.54, 1.807) is 0 Å². The Hall–Kier alpha value is -2.90. The summed E-state index contributed by atoms with van der Waals surface area (Å²) < 4.78 is 5.50. The van der Waals surface area contributed by atoms with Crippen molar-refractivity contribution in [3.05, 3.63) is 35.9 Å². The van der Waals surface area contributed by atoms with Crippen molar-refractivity contribution in [3.8, 4) is 0 Å². The Morgan fingerprint density at radius 1 is 1.23 bits per heavy atom. The predicted molar refractivity (Wildman–Crippen MR) is 112 cm³/mol. The Labute approximate surface area is 181 Å². The van der Waals surface area contributed by atoms with Gasteiger partial charge >= 0.3 is 6.09 Å². The molecule has 1 aliphatic carbocycles. The van der Waals surface area contributed by atoms with E-state index in [-0.39, 0.29) is 42.6 Å². The fraction of sp³-hybridized carbons (Fsp3) is 0.565. The van der Waals surface area contributed by atoms with E-state index in [9.17, 15) is 19.2 Å². The molecule has 5 atom stereocenters. The topological polar surface area (TPSA) is 105 Å². The van der Waals surface area contributed by atoms with Gasteiger partial charge in [-0.15, -0.1) is 0 Å². The third-order valence-electron chi connectivity index (χ3n) is 6.79. The first-order valence-corrected chi connectivity index (χ1v) is 11.1. The van der Waals surface area contributed by atoms with Gasteiger partial charge in [-0.2, -0.15) is 0 Å². The molecule has 1 saturated carbocycles. The Morgan fingerprint density at radius 2 is 2.03 bits per heavy atom. The van der Waals surface area contributed by atoms with Crippen LogP contribution in [-0.4, -0.2) is 54.3 Å². The number of amides is 3. The molecule has 8 nitrogen and oxygen atoms in total. The van der Waals surface area contributed by atoms with Gasteiger partial charge in [0, 0.05) is 19.0 Å². The number of carbonyl (C=O) groups excluding carboxylic acids is 4. The standard InChI is InChI=1S/C23H29N3O5/c27-13-18(11-16-9-10-24-21(16)28)25-22(29)20-19-8-4-7-17(19)12-26(20)23(30)31-14-15-5-2-1-3-6-15/h1-3,5-6,13,16-20H,4,7-12,14H2,(H,24,28)(H,25,29)/t16-,17-,18-,19-,20?/m0/s1. The van der Waals surface area contributed by atoms with Crippen LogP contribution in [0.3, 0.4) is 0 Å². The molecule has 31 heavy (non-hydrogen) atoms. The number of benzene rings is 1. The van der Waals surface area contributed by atoms with E-state index in [1.807, 2.05) is 30.3 Å². The molecular weight excluding hydrogens is 398 g/mol. The molecule has 3 amide bonds. The summed E-state index contributed by atoms with van der Waals surface area (Å²) in [6.07, 6.45) is 4.01. The molecule has 2 N–H and O–H groups in total. The van der Waals surface area contributed by atoms with Crippen LogP contribution in [0.15, 0.2) is 30.3 Å². The predicted octanol–water partition coefficient (Wildman–Crippen LogP) is 1.63. The molecule has 0 aromatic heterocycles. The maximum absolute atomic E-state index is 13.2. The van der Waals surface area contributed by atoms with Crippen LogP contribution in [0.2, 0.25) is 0 Å². The molecule has 0 bridgehead atoms. The van der Waals surface area contributed by atoms with Gasteiger partial charge in [0.15, 0.2) is 0 Å². The first kappa shape index (κ1) is 21.3. The molecule has 2 heterocycles. The Kier molecular flexibility index (Phi) is 6.53. The van der Waals surface area contributed by atoms with Gasteiger partial charge in [0.2, 0.25) is 11.8 Å². The lowest BCUT2D eigenvalue weighted by Gasteiger charge is -2.28. The van der Waals surface area contributed by atoms with Gasteiger partial charge in [-0.25, -0.2) is 4.79 Å². The lowest BCUT2D eigenvalue weighted by atomic mass is 9.93. The van der Waals surface area contributed by atoms with Crippen LogP contribution in [0, 0.1) is 17.8 Å². The summed E-state index contributed by atoms with van der Waals surface area (Å²) in [4.78, 5) is 51.0. The highest BCUT2D eigenvalue weighted by molar-refractivity contribution is 5.89. The normalized spacial score (nSPS) is 28.0. The van der Waals surface area contributed by atoms with Crippen LogP contribution in [0.1, 0.15) is 37.7 Å². The highest BCUT2D eigenvalue weighted by atomic mass is 16.6. The lowest BCUT2D eigenvalue weighted by Crippen LogP contribution is -2.52. The third-order valence-corrected chi connectivity index (χ3v) is 6.79. The molecule has 0 radical (unpaired) electrons. The average molecular weight is 428 g/mol. The van der Waals surface area contributed by atoms with Gasteiger partial charge in [0.25, 0.3) is 0 Å². The number of hydrogen-bond acceptors (Lipinski definition) is 5. The summed E-state index contributed by atoms with van der Waals surface area (Å²) in [6, 6.07) is 8.02. The third kappa shape index (κ3) is 4.73. The fourth-order valence-electron chi connectivity index (χ4n) is 5.22. The summed E-state index contributed by atoms with van der Waals surface area (Å²) in [5, 5.41) is 5.54. The zero-order valence-electron chi connectivity index (χ0n) is 17.5. The van der Waals surface area contributed by atoms with Crippen LogP contribution >= 0.6 is 0 Å². The molecule has 3 aliphatic rings. The Bertz CT molecular complexity index is 830. The summed E-state index contributed by atoms with van der Waals surface area (Å²) in [7, 11) is 0. The quantitative estimate of drug-likeness (QED) is 0.644. The number of ether oxygens (including phenoxy) is 1. The van der Waals surface area contributed by atoms with Crippen LogP contribution in [0.4, 0.5) is 4.79 Å². The minimum absolute atomic E-state index is 0.0753. The number of fused-ring (bicyclic) bond motifs is 1. The Morgan fingerprint density at radius 3 is 2.74 bits per heavy atom. The Balaban J connectivity index is 1.41. The van der Waals surface area contributed by atoms with Gasteiger partial charge < -0.3 is 20.2 Å². The first-order valence-electron chi connectivity index (χ1n) is 11.1. The van der Waals surface area contributed by atoms with Gasteiger partial charge in [-0.3, -0.25) is 14.5 Å². The zero-order chi connectivity index (χ0) is 21.8. The number of hydrogen-bond donors (Lipinski definition) is 2. The molecule has 1 aromatic carbocycles. The number of likely N-dealkylation sites (tertiary alicyclic amines) is 1. The fourth-order valence-corrected chi connectivity index (χ4v) is 5.22. The van der Waals surface area contributed by atoms with E-state index in [0.29, 0.717) is 25.8 Å². The summed E-state index contributed by atoms with van der Waals surface area (Å²) in [5.74, 6) is -0.336. The maximum Gasteiger partial charge on any atom is 0.410 e. The van der Waals surface area contributed by atoms with Crippen LogP contribution in [-0.2, 0) is 25.7 Å². The molecule has 166 valence electrons. The zero-order valence-corrected chi connectivity index (χ0v) is 17.5. The van der Waals surface area contributed by atoms with E-state index in [2.05, 4.69) is 10.6 Å². The van der Waals surface area contributed by atoms with E-state index >= 15 is 0 Å². The molecule has 4 rings (SSSR count). The average Bonchev–Trinajstić information content (AvgIpc) is 3.48. The number of rotatable bonds is 7. The van der Waals surface area contributed by atoms with E-state index in [1.165, 1.54) is 4.90 Å². The van der Waals surface area contributed by atoms with E-state index < -0.39 is 18.2 Å². The second kappa shape index (κ2) is 9.49. The highest BCUT2D eigenvalue weighted by Crippen LogP contribution is 2.42. The first-order chi connectivity index (χ1) is 15.1. The molecule has 8 heteroatoms. The molecule has 0 spiro atoms. The largest absolute Gasteiger partial charge is 0.445 e. The number of nitrogens with zero attached hydrogens (tertiary/aromatic N) is 1. The summed E-state index contributed by atoms with van der Waals surface area (Å²) >= 11 is 0. The van der Waals surface area contributed by atoms with Gasteiger partial charge in [0.1, 0.15) is 18.9 Å². The minimum atomic E-state index is -0.746. The van der Waals surface area contributed by atoms with Crippen molar-refractivity contribution in [3.63, 3.8) is 0 Å². The summed E-state index contributed by atoms with van der Waals surface area (Å²) in [5.41, 5.74) is 0.882. The molecule has 2 saturated heterocycles. The van der Waals surface area contributed by atoms with Crippen molar-refractivity contribution in [1.82, 2.24) is 15.5 Å². The van der Waals surface area contributed by atoms with Crippen molar-refractivity contribution < 1.29 is 23.9 Å². The van der Waals surface area contributed by atoms with Gasteiger partial charge in [0.05, 0.1) is 6.04 Å².